The fourth-order valence-electron chi connectivity index (χ4n) is 2.59. The number of methoxy groups -OCH3 is 1. The van der Waals surface area contributed by atoms with Crippen molar-refractivity contribution in [3.05, 3.63) is 58.6 Å². The summed E-state index contributed by atoms with van der Waals surface area (Å²) in [4.78, 5) is 0. The molecule has 1 N–H and O–H groups in total. The molecular weight excluding hydrogens is 369 g/mol. The Morgan fingerprint density at radius 3 is 2.35 bits per heavy atom. The van der Waals surface area contributed by atoms with Crippen LogP contribution in [0.5, 0.6) is 11.5 Å². The van der Waals surface area contributed by atoms with Crippen molar-refractivity contribution in [2.75, 3.05) is 13.7 Å². The molecule has 26 heavy (non-hydrogen) atoms. The predicted molar refractivity (Wildman–Crippen MR) is 112 cm³/mol. The molecule has 0 aliphatic heterocycles. The first-order valence-corrected chi connectivity index (χ1v) is 9.35. The number of nitrogens with one attached hydrogen (secondary N) is 1. The molecule has 0 spiro atoms. The van der Waals surface area contributed by atoms with Crippen molar-refractivity contribution in [1.82, 2.24) is 5.32 Å². The van der Waals surface area contributed by atoms with Gasteiger partial charge in [0.25, 0.3) is 0 Å². The molecule has 2 rings (SSSR count). The van der Waals surface area contributed by atoms with E-state index < -0.39 is 0 Å². The molecule has 0 fully saturated rings. The van der Waals surface area contributed by atoms with Gasteiger partial charge in [-0.2, -0.15) is 0 Å². The zero-order chi connectivity index (χ0) is 17.9. The van der Waals surface area contributed by atoms with Gasteiger partial charge in [0.1, 0.15) is 6.61 Å². The zero-order valence-electron chi connectivity index (χ0n) is 15.6. The van der Waals surface area contributed by atoms with Gasteiger partial charge in [0.2, 0.25) is 0 Å². The van der Waals surface area contributed by atoms with Gasteiger partial charge in [-0.15, -0.1) is 12.4 Å². The molecule has 0 aliphatic carbocycles. The Balaban J connectivity index is 0.00000338. The second kappa shape index (κ2) is 12.9. The molecule has 0 radical (unpaired) electrons. The molecule has 5 heteroatoms. The van der Waals surface area contributed by atoms with Crippen LogP contribution in [0.3, 0.4) is 0 Å². The van der Waals surface area contributed by atoms with Gasteiger partial charge >= 0.3 is 0 Å². The molecule has 2 aromatic carbocycles. The van der Waals surface area contributed by atoms with Crippen LogP contribution in [0, 0.1) is 0 Å². The first-order valence-electron chi connectivity index (χ1n) is 8.97. The molecule has 0 saturated carbocycles. The van der Waals surface area contributed by atoms with Gasteiger partial charge in [-0.3, -0.25) is 0 Å². The number of hydrogen-bond acceptors (Lipinski definition) is 3. The highest BCUT2D eigenvalue weighted by Gasteiger charge is 2.06. The maximum atomic E-state index is 5.90. The van der Waals surface area contributed by atoms with Crippen molar-refractivity contribution < 1.29 is 9.47 Å². The normalized spacial score (nSPS) is 10.3. The number of ether oxygens (including phenoxy) is 2. The number of halogens is 2. The minimum absolute atomic E-state index is 0. The molecule has 0 heterocycles. The highest BCUT2D eigenvalue weighted by Crippen LogP contribution is 2.29. The van der Waals surface area contributed by atoms with Crippen LogP contribution in [0.2, 0.25) is 5.02 Å². The molecule has 0 aliphatic rings. The highest BCUT2D eigenvalue weighted by atomic mass is 35.5. The van der Waals surface area contributed by atoms with Gasteiger partial charge in [0, 0.05) is 11.6 Å². The van der Waals surface area contributed by atoms with E-state index in [0.29, 0.717) is 6.61 Å². The van der Waals surface area contributed by atoms with E-state index in [1.807, 2.05) is 36.4 Å². The predicted octanol–water partition coefficient (Wildman–Crippen LogP) is 6.02. The Hall–Kier alpha value is -1.42. The summed E-state index contributed by atoms with van der Waals surface area (Å²) in [6.07, 6.45) is 5.11. The summed E-state index contributed by atoms with van der Waals surface area (Å²) in [5.74, 6) is 1.52. The third-order valence-corrected chi connectivity index (χ3v) is 4.32. The van der Waals surface area contributed by atoms with Crippen LogP contribution in [0.4, 0.5) is 0 Å². The Morgan fingerprint density at radius 2 is 1.65 bits per heavy atom. The van der Waals surface area contributed by atoms with Crippen LogP contribution in [-0.2, 0) is 13.2 Å². The minimum atomic E-state index is 0. The Kier molecular flexibility index (Phi) is 11.2. The molecule has 0 saturated heterocycles. The summed E-state index contributed by atoms with van der Waals surface area (Å²) in [6, 6.07) is 13.8. The Labute approximate surface area is 168 Å². The van der Waals surface area contributed by atoms with Crippen molar-refractivity contribution >= 4 is 24.0 Å². The lowest BCUT2D eigenvalue weighted by atomic mass is 10.2. The number of rotatable bonds is 11. The van der Waals surface area contributed by atoms with Crippen molar-refractivity contribution in [2.45, 2.75) is 45.8 Å². The average Bonchev–Trinajstić information content (AvgIpc) is 2.64. The Morgan fingerprint density at radius 1 is 0.923 bits per heavy atom. The zero-order valence-corrected chi connectivity index (χ0v) is 17.2. The van der Waals surface area contributed by atoms with Crippen molar-refractivity contribution in [3.63, 3.8) is 0 Å². The van der Waals surface area contributed by atoms with Gasteiger partial charge in [-0.25, -0.2) is 0 Å². The monoisotopic (exact) mass is 397 g/mol. The van der Waals surface area contributed by atoms with Crippen LogP contribution < -0.4 is 14.8 Å². The fraction of sp³-hybridized carbons (Fsp3) is 0.429. The van der Waals surface area contributed by atoms with Gasteiger partial charge in [0.15, 0.2) is 11.5 Å². The van der Waals surface area contributed by atoms with E-state index in [2.05, 4.69) is 18.3 Å². The van der Waals surface area contributed by atoms with Gasteiger partial charge in [0.05, 0.1) is 7.11 Å². The largest absolute Gasteiger partial charge is 0.493 e. The van der Waals surface area contributed by atoms with Crippen LogP contribution >= 0.6 is 24.0 Å². The Bertz CT molecular complexity index is 632. The molecule has 0 aromatic heterocycles. The van der Waals surface area contributed by atoms with Crippen LogP contribution in [0.25, 0.3) is 0 Å². The molecule has 0 amide bonds. The van der Waals surface area contributed by atoms with E-state index in [4.69, 9.17) is 21.1 Å². The summed E-state index contributed by atoms with van der Waals surface area (Å²) in [7, 11) is 1.67. The van der Waals surface area contributed by atoms with E-state index in [1.165, 1.54) is 31.2 Å². The third-order valence-electron chi connectivity index (χ3n) is 4.07. The standard InChI is InChI=1S/C21H28ClNO2.ClH/c1-3-4-5-6-13-23-15-18-9-12-20(21(14-18)24-2)25-16-17-7-10-19(22)11-8-17;/h7-12,14,23H,3-6,13,15-16H2,1-2H3;1H. The van der Waals surface area contributed by atoms with Crippen molar-refractivity contribution in [2.24, 2.45) is 0 Å². The molecule has 0 unspecified atom stereocenters. The SMILES string of the molecule is CCCCCCNCc1ccc(OCc2ccc(Cl)cc2)c(OC)c1.Cl. The van der Waals surface area contributed by atoms with E-state index in [0.717, 1.165) is 35.2 Å². The van der Waals surface area contributed by atoms with E-state index in [9.17, 15) is 0 Å². The van der Waals surface area contributed by atoms with E-state index in [-0.39, 0.29) is 12.4 Å². The lowest BCUT2D eigenvalue weighted by molar-refractivity contribution is 0.284. The topological polar surface area (TPSA) is 30.5 Å². The molecule has 144 valence electrons. The van der Waals surface area contributed by atoms with Gasteiger partial charge in [-0.1, -0.05) is 56.0 Å². The fourth-order valence-corrected chi connectivity index (χ4v) is 2.72. The maximum Gasteiger partial charge on any atom is 0.161 e. The molecule has 3 nitrogen and oxygen atoms in total. The maximum absolute atomic E-state index is 5.90. The lowest BCUT2D eigenvalue weighted by Crippen LogP contribution is -2.14. The highest BCUT2D eigenvalue weighted by molar-refractivity contribution is 6.30. The molecule has 0 bridgehead atoms. The minimum Gasteiger partial charge on any atom is -0.493 e. The first kappa shape index (κ1) is 22.6. The smallest absolute Gasteiger partial charge is 0.161 e. The quantitative estimate of drug-likeness (QED) is 0.470. The van der Waals surface area contributed by atoms with Crippen LogP contribution in [-0.4, -0.2) is 13.7 Å². The summed E-state index contributed by atoms with van der Waals surface area (Å²) in [6.45, 7) is 4.62. The van der Waals surface area contributed by atoms with Gasteiger partial charge < -0.3 is 14.8 Å². The van der Waals surface area contributed by atoms with Gasteiger partial charge in [-0.05, 0) is 48.4 Å². The summed E-state index contributed by atoms with van der Waals surface area (Å²) in [5.41, 5.74) is 2.27. The molecular formula is C21H29Cl2NO2. The number of benzene rings is 2. The summed E-state index contributed by atoms with van der Waals surface area (Å²) < 4.78 is 11.4. The second-order valence-electron chi connectivity index (χ2n) is 6.14. The second-order valence-corrected chi connectivity index (χ2v) is 6.57. The third kappa shape index (κ3) is 7.86. The number of hydrogen-bond donors (Lipinski definition) is 1. The first-order chi connectivity index (χ1) is 12.2. The van der Waals surface area contributed by atoms with Crippen LogP contribution in [0.1, 0.15) is 43.7 Å². The van der Waals surface area contributed by atoms with E-state index in [1.54, 1.807) is 7.11 Å². The average molecular weight is 398 g/mol. The molecule has 0 atom stereocenters. The van der Waals surface area contributed by atoms with Crippen molar-refractivity contribution in [3.8, 4) is 11.5 Å². The summed E-state index contributed by atoms with van der Waals surface area (Å²) in [5, 5.41) is 4.22. The van der Waals surface area contributed by atoms with E-state index >= 15 is 0 Å². The van der Waals surface area contributed by atoms with Crippen LogP contribution in [0.15, 0.2) is 42.5 Å². The summed E-state index contributed by atoms with van der Waals surface area (Å²) >= 11 is 5.90. The number of unbranched alkanes of at least 4 members (excludes halogenated alkanes) is 3. The molecule has 2 aromatic rings. The van der Waals surface area contributed by atoms with Crippen molar-refractivity contribution in [1.29, 1.82) is 0 Å². The lowest BCUT2D eigenvalue weighted by Gasteiger charge is -2.13.